The molecule has 0 saturated heterocycles. The second kappa shape index (κ2) is 7.53. The van der Waals surface area contributed by atoms with Crippen LogP contribution in [0.15, 0.2) is 0 Å². The zero-order chi connectivity index (χ0) is 9.40. The van der Waals surface area contributed by atoms with E-state index in [4.69, 9.17) is 9.57 Å². The highest BCUT2D eigenvalue weighted by Gasteiger charge is 2.00. The summed E-state index contributed by atoms with van der Waals surface area (Å²) in [6.45, 7) is 7.87. The Morgan fingerprint density at radius 2 is 1.92 bits per heavy atom. The first-order valence-corrected chi connectivity index (χ1v) is 4.53. The average molecular weight is 175 g/mol. The van der Waals surface area contributed by atoms with Crippen molar-refractivity contribution >= 4 is 0 Å². The molecular formula is C9H21NO2. The maximum atomic E-state index is 5.25. The van der Waals surface area contributed by atoms with E-state index in [0.717, 1.165) is 19.6 Å². The number of hydroxylamine groups is 1. The van der Waals surface area contributed by atoms with E-state index in [1.807, 2.05) is 0 Å². The van der Waals surface area contributed by atoms with Gasteiger partial charge in [0, 0.05) is 19.8 Å². The zero-order valence-electron chi connectivity index (χ0n) is 8.59. The van der Waals surface area contributed by atoms with Crippen molar-refractivity contribution < 1.29 is 9.57 Å². The van der Waals surface area contributed by atoms with Gasteiger partial charge >= 0.3 is 0 Å². The molecule has 0 aliphatic carbocycles. The molecule has 3 nitrogen and oxygen atoms in total. The number of ether oxygens (including phenoxy) is 1. The van der Waals surface area contributed by atoms with Gasteiger partial charge in [-0.25, -0.2) is 0 Å². The van der Waals surface area contributed by atoms with Crippen LogP contribution in [0.4, 0.5) is 0 Å². The summed E-state index contributed by atoms with van der Waals surface area (Å²) in [5.41, 5.74) is 2.97. The SMILES string of the molecule is COCCC(C)NOCC(C)C. The molecule has 0 aliphatic rings. The minimum atomic E-state index is 0.365. The topological polar surface area (TPSA) is 30.5 Å². The molecule has 1 atom stereocenters. The second-order valence-corrected chi connectivity index (χ2v) is 3.51. The Morgan fingerprint density at radius 3 is 2.42 bits per heavy atom. The van der Waals surface area contributed by atoms with Crippen LogP contribution >= 0.6 is 0 Å². The van der Waals surface area contributed by atoms with Crippen molar-refractivity contribution in [3.05, 3.63) is 0 Å². The molecule has 0 amide bonds. The molecule has 0 heterocycles. The van der Waals surface area contributed by atoms with Crippen molar-refractivity contribution in [2.24, 2.45) is 5.92 Å². The van der Waals surface area contributed by atoms with E-state index < -0.39 is 0 Å². The Morgan fingerprint density at radius 1 is 1.25 bits per heavy atom. The standard InChI is InChI=1S/C9H21NO2/c1-8(2)7-12-10-9(3)5-6-11-4/h8-10H,5-7H2,1-4H3. The highest BCUT2D eigenvalue weighted by atomic mass is 16.6. The number of methoxy groups -OCH3 is 1. The summed E-state index contributed by atoms with van der Waals surface area (Å²) in [7, 11) is 1.71. The number of nitrogens with one attached hydrogen (secondary N) is 1. The first-order valence-electron chi connectivity index (χ1n) is 4.53. The third-order valence-corrected chi connectivity index (χ3v) is 1.46. The fourth-order valence-electron chi connectivity index (χ4n) is 0.711. The molecule has 1 unspecified atom stereocenters. The van der Waals surface area contributed by atoms with Crippen LogP contribution in [0.3, 0.4) is 0 Å². The van der Waals surface area contributed by atoms with Crippen molar-refractivity contribution in [1.29, 1.82) is 0 Å². The third kappa shape index (κ3) is 7.98. The maximum absolute atomic E-state index is 5.25. The fourth-order valence-corrected chi connectivity index (χ4v) is 0.711. The van der Waals surface area contributed by atoms with Gasteiger partial charge in [0.25, 0.3) is 0 Å². The molecule has 12 heavy (non-hydrogen) atoms. The molecule has 3 heteroatoms. The number of hydrogen-bond donors (Lipinski definition) is 1. The van der Waals surface area contributed by atoms with Crippen LogP contribution in [0.2, 0.25) is 0 Å². The lowest BCUT2D eigenvalue weighted by molar-refractivity contribution is -0.00147. The molecule has 0 aromatic heterocycles. The quantitative estimate of drug-likeness (QED) is 0.596. The van der Waals surface area contributed by atoms with Gasteiger partial charge in [-0.05, 0) is 19.3 Å². The largest absolute Gasteiger partial charge is 0.385 e. The summed E-state index contributed by atoms with van der Waals surface area (Å²) in [5.74, 6) is 0.576. The van der Waals surface area contributed by atoms with Crippen LogP contribution in [0.1, 0.15) is 27.2 Å². The highest BCUT2D eigenvalue weighted by molar-refractivity contribution is 4.52. The van der Waals surface area contributed by atoms with E-state index in [2.05, 4.69) is 26.3 Å². The van der Waals surface area contributed by atoms with Crippen molar-refractivity contribution in [3.63, 3.8) is 0 Å². The molecule has 0 saturated carbocycles. The van der Waals surface area contributed by atoms with Gasteiger partial charge in [-0.2, -0.15) is 5.48 Å². The molecule has 0 aliphatic heterocycles. The van der Waals surface area contributed by atoms with E-state index in [-0.39, 0.29) is 0 Å². The van der Waals surface area contributed by atoms with Crippen LogP contribution in [0.5, 0.6) is 0 Å². The van der Waals surface area contributed by atoms with Gasteiger partial charge in [-0.1, -0.05) is 13.8 Å². The molecule has 1 N–H and O–H groups in total. The third-order valence-electron chi connectivity index (χ3n) is 1.46. The van der Waals surface area contributed by atoms with Crippen LogP contribution in [0.25, 0.3) is 0 Å². The molecule has 0 rings (SSSR count). The summed E-state index contributed by atoms with van der Waals surface area (Å²) in [5, 5.41) is 0. The Bertz CT molecular complexity index is 96.5. The van der Waals surface area contributed by atoms with E-state index in [0.29, 0.717) is 12.0 Å². The molecule has 0 fully saturated rings. The van der Waals surface area contributed by atoms with Gasteiger partial charge in [0.05, 0.1) is 6.61 Å². The number of rotatable bonds is 7. The predicted molar refractivity (Wildman–Crippen MR) is 49.9 cm³/mol. The number of hydrogen-bond acceptors (Lipinski definition) is 3. The van der Waals surface area contributed by atoms with E-state index in [1.54, 1.807) is 7.11 Å². The van der Waals surface area contributed by atoms with Crippen molar-refractivity contribution in [2.45, 2.75) is 33.2 Å². The summed E-state index contributed by atoms with van der Waals surface area (Å²) >= 11 is 0. The smallest absolute Gasteiger partial charge is 0.0705 e. The van der Waals surface area contributed by atoms with Crippen molar-refractivity contribution in [2.75, 3.05) is 20.3 Å². The molecule has 0 aromatic rings. The monoisotopic (exact) mass is 175 g/mol. The molecular weight excluding hydrogens is 154 g/mol. The predicted octanol–water partition coefficient (Wildman–Crippen LogP) is 1.59. The Balaban J connectivity index is 3.13. The van der Waals surface area contributed by atoms with Gasteiger partial charge in [0.2, 0.25) is 0 Å². The summed E-state index contributed by atoms with van der Waals surface area (Å²) in [6.07, 6.45) is 0.981. The molecule has 0 aromatic carbocycles. The summed E-state index contributed by atoms with van der Waals surface area (Å²) in [6, 6.07) is 0.365. The van der Waals surface area contributed by atoms with E-state index >= 15 is 0 Å². The van der Waals surface area contributed by atoms with Crippen LogP contribution in [-0.2, 0) is 9.57 Å². The van der Waals surface area contributed by atoms with Crippen molar-refractivity contribution in [3.8, 4) is 0 Å². The minimum absolute atomic E-state index is 0.365. The molecule has 0 spiro atoms. The van der Waals surface area contributed by atoms with E-state index in [9.17, 15) is 0 Å². The lowest BCUT2D eigenvalue weighted by atomic mass is 10.2. The minimum Gasteiger partial charge on any atom is -0.385 e. The van der Waals surface area contributed by atoms with E-state index in [1.165, 1.54) is 0 Å². The fraction of sp³-hybridized carbons (Fsp3) is 1.00. The maximum Gasteiger partial charge on any atom is 0.0705 e. The molecule has 0 bridgehead atoms. The Hall–Kier alpha value is -0.120. The van der Waals surface area contributed by atoms with Crippen LogP contribution in [-0.4, -0.2) is 26.4 Å². The molecule has 74 valence electrons. The highest BCUT2D eigenvalue weighted by Crippen LogP contribution is 1.94. The van der Waals surface area contributed by atoms with Gasteiger partial charge in [0.1, 0.15) is 0 Å². The molecule has 0 radical (unpaired) electrons. The van der Waals surface area contributed by atoms with Gasteiger partial charge < -0.3 is 9.57 Å². The first-order chi connectivity index (χ1) is 5.66. The van der Waals surface area contributed by atoms with Gasteiger partial charge in [-0.3, -0.25) is 0 Å². The first kappa shape index (κ1) is 11.9. The lowest BCUT2D eigenvalue weighted by Gasteiger charge is -2.14. The summed E-state index contributed by atoms with van der Waals surface area (Å²) < 4.78 is 4.94. The lowest BCUT2D eigenvalue weighted by Crippen LogP contribution is -2.28. The van der Waals surface area contributed by atoms with Crippen LogP contribution < -0.4 is 5.48 Å². The van der Waals surface area contributed by atoms with Gasteiger partial charge in [-0.15, -0.1) is 0 Å². The van der Waals surface area contributed by atoms with Gasteiger partial charge in [0.15, 0.2) is 0 Å². The average Bonchev–Trinajstić information content (AvgIpc) is 2.00. The zero-order valence-corrected chi connectivity index (χ0v) is 8.59. The van der Waals surface area contributed by atoms with Crippen molar-refractivity contribution in [1.82, 2.24) is 5.48 Å². The van der Waals surface area contributed by atoms with Crippen LogP contribution in [0, 0.1) is 5.92 Å². The Kier molecular flexibility index (Phi) is 7.45. The summed E-state index contributed by atoms with van der Waals surface area (Å²) in [4.78, 5) is 5.25. The normalized spacial score (nSPS) is 13.8. The second-order valence-electron chi connectivity index (χ2n) is 3.51. The Labute approximate surface area is 75.4 Å².